The molecule has 2 rings (SSSR count). The third kappa shape index (κ3) is 4.94. The van der Waals surface area contributed by atoms with Crippen molar-refractivity contribution < 1.29 is 8.42 Å². The van der Waals surface area contributed by atoms with Crippen LogP contribution in [0.3, 0.4) is 0 Å². The Labute approximate surface area is 145 Å². The van der Waals surface area contributed by atoms with Gasteiger partial charge < -0.3 is 4.90 Å². The molecule has 23 heavy (non-hydrogen) atoms. The molecule has 0 fully saturated rings. The summed E-state index contributed by atoms with van der Waals surface area (Å²) < 4.78 is 28.0. The maximum Gasteiger partial charge on any atom is 0.261 e. The van der Waals surface area contributed by atoms with Crippen molar-refractivity contribution in [2.24, 2.45) is 0 Å². The maximum absolute atomic E-state index is 12.3. The van der Waals surface area contributed by atoms with E-state index in [2.05, 4.69) is 37.5 Å². The number of aromatic nitrogens is 1. The molecule has 0 radical (unpaired) electrons. The number of pyridine rings is 1. The van der Waals surface area contributed by atoms with E-state index < -0.39 is 10.0 Å². The van der Waals surface area contributed by atoms with Crippen LogP contribution in [0.25, 0.3) is 0 Å². The molecule has 0 amide bonds. The Balaban J connectivity index is 2.09. The zero-order chi connectivity index (χ0) is 16.9. The molecular weight excluding hydrogens is 378 g/mol. The molecule has 0 aliphatic rings. The predicted molar refractivity (Wildman–Crippen MR) is 97.4 cm³/mol. The topological polar surface area (TPSA) is 62.3 Å². The summed E-state index contributed by atoms with van der Waals surface area (Å²) in [5.41, 5.74) is 0.445. The molecule has 2 aromatic rings. The van der Waals surface area contributed by atoms with Crippen molar-refractivity contribution in [3.63, 3.8) is 0 Å². The summed E-state index contributed by atoms with van der Waals surface area (Å²) >= 11 is 3.29. The first kappa shape index (κ1) is 17.7. The number of anilines is 2. The Kier molecular flexibility index (Phi) is 6.01. The number of hydrogen-bond acceptors (Lipinski definition) is 4. The first-order chi connectivity index (χ1) is 10.9. The number of unbranched alkanes of at least 4 members (excludes halogenated alkanes) is 1. The summed E-state index contributed by atoms with van der Waals surface area (Å²) in [7, 11) is -1.63. The van der Waals surface area contributed by atoms with Gasteiger partial charge in [-0.15, -0.1) is 0 Å². The Morgan fingerprint density at radius 1 is 1.17 bits per heavy atom. The molecule has 0 saturated heterocycles. The molecule has 0 unspecified atom stereocenters. The van der Waals surface area contributed by atoms with Crippen molar-refractivity contribution >= 4 is 37.5 Å². The van der Waals surface area contributed by atoms with Crippen molar-refractivity contribution in [1.29, 1.82) is 0 Å². The summed E-state index contributed by atoms with van der Waals surface area (Å²) in [6.07, 6.45) is 3.75. The van der Waals surface area contributed by atoms with E-state index in [1.54, 1.807) is 30.3 Å². The molecule has 0 aliphatic heterocycles. The Hall–Kier alpha value is -1.60. The Morgan fingerprint density at radius 2 is 1.87 bits per heavy atom. The lowest BCUT2D eigenvalue weighted by molar-refractivity contribution is 0.601. The molecule has 0 saturated carbocycles. The van der Waals surface area contributed by atoms with E-state index in [-0.39, 0.29) is 4.90 Å². The molecule has 5 nitrogen and oxygen atoms in total. The van der Waals surface area contributed by atoms with Gasteiger partial charge in [-0.2, -0.15) is 0 Å². The van der Waals surface area contributed by atoms with Gasteiger partial charge in [0.15, 0.2) is 0 Å². The van der Waals surface area contributed by atoms with Crippen molar-refractivity contribution in [3.05, 3.63) is 47.1 Å². The minimum Gasteiger partial charge on any atom is -0.360 e. The number of halogens is 1. The number of nitrogens with zero attached hydrogens (tertiary/aromatic N) is 2. The van der Waals surface area contributed by atoms with Crippen LogP contribution in [-0.2, 0) is 10.0 Å². The first-order valence-corrected chi connectivity index (χ1v) is 9.65. The fourth-order valence-corrected chi connectivity index (χ4v) is 3.32. The maximum atomic E-state index is 12.3. The summed E-state index contributed by atoms with van der Waals surface area (Å²) in [6.45, 7) is 3.06. The van der Waals surface area contributed by atoms with E-state index in [0.29, 0.717) is 5.69 Å². The molecule has 1 aromatic carbocycles. The number of rotatable bonds is 7. The van der Waals surface area contributed by atoms with E-state index in [0.717, 1.165) is 29.7 Å². The normalized spacial score (nSPS) is 11.3. The van der Waals surface area contributed by atoms with Crippen molar-refractivity contribution in [2.45, 2.75) is 24.7 Å². The largest absolute Gasteiger partial charge is 0.360 e. The highest BCUT2D eigenvalue weighted by Gasteiger charge is 2.14. The van der Waals surface area contributed by atoms with Crippen LogP contribution in [0.4, 0.5) is 11.5 Å². The molecule has 1 N–H and O–H groups in total. The molecular formula is C16H20BrN3O2S. The van der Waals surface area contributed by atoms with Crippen LogP contribution in [0.5, 0.6) is 0 Å². The molecule has 0 spiro atoms. The van der Waals surface area contributed by atoms with Gasteiger partial charge in [0.25, 0.3) is 10.0 Å². The fourth-order valence-electron chi connectivity index (χ4n) is 2.01. The molecule has 0 bridgehead atoms. The van der Waals surface area contributed by atoms with Crippen molar-refractivity contribution in [2.75, 3.05) is 23.2 Å². The zero-order valence-corrected chi connectivity index (χ0v) is 15.6. The van der Waals surface area contributed by atoms with Gasteiger partial charge in [0.2, 0.25) is 0 Å². The second kappa shape index (κ2) is 7.79. The van der Waals surface area contributed by atoms with Gasteiger partial charge in [-0.1, -0.05) is 29.3 Å². The van der Waals surface area contributed by atoms with Crippen LogP contribution in [-0.4, -0.2) is 27.0 Å². The Morgan fingerprint density at radius 3 is 2.43 bits per heavy atom. The number of nitrogens with one attached hydrogen (secondary N) is 1. The molecule has 124 valence electrons. The minimum absolute atomic E-state index is 0.213. The first-order valence-electron chi connectivity index (χ1n) is 7.38. The van der Waals surface area contributed by atoms with Gasteiger partial charge >= 0.3 is 0 Å². The van der Waals surface area contributed by atoms with Gasteiger partial charge in [0.05, 0.1) is 16.8 Å². The summed E-state index contributed by atoms with van der Waals surface area (Å²) in [5.74, 6) is 0.824. The third-order valence-electron chi connectivity index (χ3n) is 3.36. The van der Waals surface area contributed by atoms with E-state index in [4.69, 9.17) is 0 Å². The minimum atomic E-state index is -3.60. The van der Waals surface area contributed by atoms with E-state index >= 15 is 0 Å². The zero-order valence-electron chi connectivity index (χ0n) is 13.2. The molecule has 0 aliphatic carbocycles. The lowest BCUT2D eigenvalue weighted by Crippen LogP contribution is -2.19. The Bertz CT molecular complexity index is 731. The van der Waals surface area contributed by atoms with E-state index in [9.17, 15) is 8.42 Å². The lowest BCUT2D eigenvalue weighted by Gasteiger charge is -2.18. The summed E-state index contributed by atoms with van der Waals surface area (Å²) in [6, 6.07) is 10.0. The van der Waals surface area contributed by atoms with Gasteiger partial charge in [0.1, 0.15) is 5.82 Å². The van der Waals surface area contributed by atoms with Crippen molar-refractivity contribution in [1.82, 2.24) is 4.98 Å². The van der Waals surface area contributed by atoms with Gasteiger partial charge in [-0.25, -0.2) is 13.4 Å². The monoisotopic (exact) mass is 397 g/mol. The molecule has 1 heterocycles. The average Bonchev–Trinajstić information content (AvgIpc) is 2.53. The third-order valence-corrected chi connectivity index (χ3v) is 5.29. The quantitative estimate of drug-likeness (QED) is 0.769. The SMILES string of the molecule is CCCCN(C)c1ccc(NS(=O)(=O)c2ccc(Br)cc2)cn1. The number of sulfonamides is 1. The standard InChI is InChI=1S/C16H20BrN3O2S/c1-3-4-11-20(2)16-10-7-14(12-18-16)19-23(21,22)15-8-5-13(17)6-9-15/h5-10,12,19H,3-4,11H2,1-2H3. The predicted octanol–water partition coefficient (Wildman–Crippen LogP) is 3.88. The smallest absolute Gasteiger partial charge is 0.261 e. The highest BCUT2D eigenvalue weighted by Crippen LogP contribution is 2.19. The second-order valence-corrected chi connectivity index (χ2v) is 7.84. The molecule has 7 heteroatoms. The lowest BCUT2D eigenvalue weighted by atomic mass is 10.3. The van der Waals surface area contributed by atoms with Crippen LogP contribution in [0.1, 0.15) is 19.8 Å². The molecule has 1 aromatic heterocycles. The van der Waals surface area contributed by atoms with Crippen LogP contribution >= 0.6 is 15.9 Å². The van der Waals surface area contributed by atoms with E-state index in [1.807, 2.05) is 13.1 Å². The van der Waals surface area contributed by atoms with Crippen LogP contribution in [0.15, 0.2) is 52.0 Å². The van der Waals surface area contributed by atoms with Crippen LogP contribution in [0.2, 0.25) is 0 Å². The number of hydrogen-bond donors (Lipinski definition) is 1. The fraction of sp³-hybridized carbons (Fsp3) is 0.312. The average molecular weight is 398 g/mol. The van der Waals surface area contributed by atoms with Gasteiger partial charge in [-0.05, 0) is 42.8 Å². The number of benzene rings is 1. The van der Waals surface area contributed by atoms with Gasteiger partial charge in [0, 0.05) is 18.1 Å². The van der Waals surface area contributed by atoms with Crippen LogP contribution < -0.4 is 9.62 Å². The van der Waals surface area contributed by atoms with E-state index in [1.165, 1.54) is 6.20 Å². The second-order valence-electron chi connectivity index (χ2n) is 5.24. The summed E-state index contributed by atoms with van der Waals surface area (Å²) in [5, 5.41) is 0. The van der Waals surface area contributed by atoms with Crippen LogP contribution in [0, 0.1) is 0 Å². The highest BCUT2D eigenvalue weighted by molar-refractivity contribution is 9.10. The van der Waals surface area contributed by atoms with Gasteiger partial charge in [-0.3, -0.25) is 4.72 Å². The molecule has 0 atom stereocenters. The summed E-state index contributed by atoms with van der Waals surface area (Å²) in [4.78, 5) is 6.58. The van der Waals surface area contributed by atoms with Crippen molar-refractivity contribution in [3.8, 4) is 0 Å². The highest BCUT2D eigenvalue weighted by atomic mass is 79.9.